The van der Waals surface area contributed by atoms with Gasteiger partial charge in [0.25, 0.3) is 5.91 Å². The van der Waals surface area contributed by atoms with Crippen molar-refractivity contribution in [3.8, 4) is 0 Å². The molecule has 1 aromatic heterocycles. The first-order chi connectivity index (χ1) is 13.7. The van der Waals surface area contributed by atoms with Gasteiger partial charge in [0, 0.05) is 31.6 Å². The molecular weight excluding hydrogens is 354 g/mol. The van der Waals surface area contributed by atoms with E-state index in [4.69, 9.17) is 4.42 Å². The van der Waals surface area contributed by atoms with Crippen molar-refractivity contribution < 1.29 is 14.0 Å². The molecular formula is C22H31N3O3. The predicted molar refractivity (Wildman–Crippen MR) is 103 cm³/mol. The van der Waals surface area contributed by atoms with Crippen LogP contribution in [0.15, 0.2) is 17.1 Å². The normalized spacial score (nSPS) is 33.6. The molecule has 0 unspecified atom stereocenters. The summed E-state index contributed by atoms with van der Waals surface area (Å²) in [5.41, 5.74) is 0.403. The van der Waals surface area contributed by atoms with Crippen LogP contribution in [0.5, 0.6) is 0 Å². The lowest BCUT2D eigenvalue weighted by Crippen LogP contribution is -2.65. The lowest BCUT2D eigenvalue weighted by atomic mass is 9.69. The van der Waals surface area contributed by atoms with Crippen LogP contribution in [0.4, 0.5) is 0 Å². The highest BCUT2D eigenvalue weighted by Crippen LogP contribution is 2.44. The van der Waals surface area contributed by atoms with Crippen molar-refractivity contribution >= 4 is 11.8 Å². The zero-order chi connectivity index (χ0) is 19.1. The molecule has 2 bridgehead atoms. The van der Waals surface area contributed by atoms with Gasteiger partial charge in [0.1, 0.15) is 6.26 Å². The molecule has 3 saturated heterocycles. The molecule has 4 aliphatic rings. The van der Waals surface area contributed by atoms with Gasteiger partial charge >= 0.3 is 0 Å². The maximum Gasteiger partial charge on any atom is 0.275 e. The lowest BCUT2D eigenvalue weighted by molar-refractivity contribution is -0.153. The lowest BCUT2D eigenvalue weighted by Gasteiger charge is -2.57. The molecule has 4 fully saturated rings. The van der Waals surface area contributed by atoms with Crippen LogP contribution in [0.25, 0.3) is 0 Å². The summed E-state index contributed by atoms with van der Waals surface area (Å²) in [6, 6.07) is 0.629. The number of likely N-dealkylation sites (tertiary alicyclic amines) is 1. The van der Waals surface area contributed by atoms with Gasteiger partial charge in [-0.1, -0.05) is 32.1 Å². The summed E-state index contributed by atoms with van der Waals surface area (Å²) in [6.07, 6.45) is 14.5. The van der Waals surface area contributed by atoms with Crippen molar-refractivity contribution in [3.63, 3.8) is 0 Å². The number of nitrogens with zero attached hydrogens (tertiary/aromatic N) is 3. The Kier molecular flexibility index (Phi) is 4.89. The van der Waals surface area contributed by atoms with Crippen LogP contribution >= 0.6 is 0 Å². The standard InChI is InChI=1S/C22H31N3O3/c26-21-8-4-7-19-16-10-17(12-24(11-16)22(27)18-13-28-14-23-18)20(25(19)21)9-15-5-2-1-3-6-15/h13-17,19-20H,1-12H2/t16-,17+,19+,20+/m1/s1. The van der Waals surface area contributed by atoms with E-state index in [9.17, 15) is 9.59 Å². The van der Waals surface area contributed by atoms with Crippen molar-refractivity contribution in [2.75, 3.05) is 13.1 Å². The molecule has 1 aliphatic carbocycles. The third-order valence-corrected chi connectivity index (χ3v) is 7.73. The number of hydrogen-bond acceptors (Lipinski definition) is 4. The number of piperidine rings is 3. The Morgan fingerprint density at radius 2 is 1.93 bits per heavy atom. The Labute approximate surface area is 166 Å². The summed E-state index contributed by atoms with van der Waals surface area (Å²) >= 11 is 0. The molecule has 3 aliphatic heterocycles. The van der Waals surface area contributed by atoms with Gasteiger partial charge in [-0.3, -0.25) is 9.59 Å². The fourth-order valence-electron chi connectivity index (χ4n) is 6.49. The molecule has 0 spiro atoms. The summed E-state index contributed by atoms with van der Waals surface area (Å²) in [4.78, 5) is 34.2. The highest BCUT2D eigenvalue weighted by atomic mass is 16.3. The van der Waals surface area contributed by atoms with Crippen molar-refractivity contribution in [2.24, 2.45) is 17.8 Å². The van der Waals surface area contributed by atoms with Crippen LogP contribution in [0, 0.1) is 17.8 Å². The van der Waals surface area contributed by atoms with E-state index in [1.807, 2.05) is 4.90 Å². The predicted octanol–water partition coefficient (Wildman–Crippen LogP) is 3.49. The second kappa shape index (κ2) is 7.53. The van der Waals surface area contributed by atoms with Crippen LogP contribution in [0.1, 0.15) is 74.7 Å². The minimum Gasteiger partial charge on any atom is -0.451 e. The number of hydrogen-bond donors (Lipinski definition) is 0. The largest absolute Gasteiger partial charge is 0.451 e. The number of aromatic nitrogens is 1. The van der Waals surface area contributed by atoms with Crippen molar-refractivity contribution in [1.82, 2.24) is 14.8 Å². The maximum absolute atomic E-state index is 12.9. The van der Waals surface area contributed by atoms with Gasteiger partial charge in [-0.15, -0.1) is 0 Å². The van der Waals surface area contributed by atoms with E-state index in [2.05, 4.69) is 9.88 Å². The van der Waals surface area contributed by atoms with E-state index >= 15 is 0 Å². The highest BCUT2D eigenvalue weighted by molar-refractivity contribution is 5.92. The zero-order valence-corrected chi connectivity index (χ0v) is 16.6. The average Bonchev–Trinajstić information content (AvgIpc) is 3.26. The topological polar surface area (TPSA) is 66.7 Å². The van der Waals surface area contributed by atoms with E-state index in [-0.39, 0.29) is 5.91 Å². The molecule has 0 N–H and O–H groups in total. The number of rotatable bonds is 3. The molecule has 1 aromatic rings. The Hall–Kier alpha value is -1.85. The summed E-state index contributed by atoms with van der Waals surface area (Å²) in [7, 11) is 0. The Bertz CT molecular complexity index is 713. The fourth-order valence-corrected chi connectivity index (χ4v) is 6.49. The van der Waals surface area contributed by atoms with Crippen LogP contribution in [-0.2, 0) is 4.79 Å². The van der Waals surface area contributed by atoms with Gasteiger partial charge in [-0.05, 0) is 43.4 Å². The van der Waals surface area contributed by atoms with Crippen LogP contribution in [0.2, 0.25) is 0 Å². The highest BCUT2D eigenvalue weighted by Gasteiger charge is 2.50. The van der Waals surface area contributed by atoms with Gasteiger partial charge < -0.3 is 14.2 Å². The second-order valence-electron chi connectivity index (χ2n) is 9.41. The van der Waals surface area contributed by atoms with Crippen molar-refractivity contribution in [1.29, 1.82) is 0 Å². The van der Waals surface area contributed by atoms with Crippen LogP contribution in [0.3, 0.4) is 0 Å². The van der Waals surface area contributed by atoms with Crippen molar-refractivity contribution in [2.45, 2.75) is 76.3 Å². The van der Waals surface area contributed by atoms with E-state index in [1.165, 1.54) is 44.8 Å². The average molecular weight is 386 g/mol. The van der Waals surface area contributed by atoms with Gasteiger partial charge in [0.15, 0.2) is 12.1 Å². The molecule has 152 valence electrons. The number of fused-ring (bicyclic) bond motifs is 4. The third kappa shape index (κ3) is 3.25. The van der Waals surface area contributed by atoms with Crippen LogP contribution in [-0.4, -0.2) is 51.8 Å². The molecule has 28 heavy (non-hydrogen) atoms. The molecule has 6 heteroatoms. The Morgan fingerprint density at radius 3 is 2.71 bits per heavy atom. The quantitative estimate of drug-likeness (QED) is 0.799. The van der Waals surface area contributed by atoms with Gasteiger partial charge in [0.2, 0.25) is 5.91 Å². The summed E-state index contributed by atoms with van der Waals surface area (Å²) in [5.74, 6) is 1.89. The monoisotopic (exact) mass is 385 g/mol. The van der Waals surface area contributed by atoms with E-state index in [0.717, 1.165) is 44.7 Å². The molecule has 0 radical (unpaired) electrons. The summed E-state index contributed by atoms with van der Waals surface area (Å²) < 4.78 is 5.03. The molecule has 6 nitrogen and oxygen atoms in total. The van der Waals surface area contributed by atoms with E-state index in [1.54, 1.807) is 0 Å². The first-order valence-electron chi connectivity index (χ1n) is 11.2. The molecule has 1 saturated carbocycles. The van der Waals surface area contributed by atoms with Crippen LogP contribution < -0.4 is 0 Å². The van der Waals surface area contributed by atoms with Gasteiger partial charge in [0.05, 0.1) is 0 Å². The van der Waals surface area contributed by atoms with Gasteiger partial charge in [-0.2, -0.15) is 0 Å². The summed E-state index contributed by atoms with van der Waals surface area (Å²) in [5, 5.41) is 0. The molecule has 4 heterocycles. The maximum atomic E-state index is 12.9. The number of oxazole rings is 1. The molecule has 4 atom stereocenters. The van der Waals surface area contributed by atoms with E-state index < -0.39 is 0 Å². The summed E-state index contributed by atoms with van der Waals surface area (Å²) in [6.45, 7) is 1.49. The Morgan fingerprint density at radius 1 is 1.11 bits per heavy atom. The van der Waals surface area contributed by atoms with Gasteiger partial charge in [-0.25, -0.2) is 4.98 Å². The molecule has 2 amide bonds. The van der Waals surface area contributed by atoms with Crippen molar-refractivity contribution in [3.05, 3.63) is 18.4 Å². The molecule has 0 aromatic carbocycles. The number of carbonyl (C=O) groups excluding carboxylic acids is 2. The smallest absolute Gasteiger partial charge is 0.275 e. The molecule has 5 rings (SSSR count). The SMILES string of the molecule is O=C(c1cocn1)N1C[C@H]2C[C@@H](C1)[C@H](CC1CCCCC1)N1C(=O)CCC[C@@H]21. The number of carbonyl (C=O) groups is 2. The number of amides is 2. The first-order valence-corrected chi connectivity index (χ1v) is 11.2. The fraction of sp³-hybridized carbons (Fsp3) is 0.773. The first kappa shape index (κ1) is 18.2. The zero-order valence-electron chi connectivity index (χ0n) is 16.6. The second-order valence-corrected chi connectivity index (χ2v) is 9.41. The minimum absolute atomic E-state index is 0.0181. The van der Waals surface area contributed by atoms with E-state index in [0.29, 0.717) is 41.9 Å². The Balaban J connectivity index is 1.40. The minimum atomic E-state index is -0.0181. The third-order valence-electron chi connectivity index (χ3n) is 7.73.